The van der Waals surface area contributed by atoms with Crippen LogP contribution in [0.15, 0.2) is 65.6 Å². The summed E-state index contributed by atoms with van der Waals surface area (Å²) in [6.45, 7) is 1.79. The Kier molecular flexibility index (Phi) is 8.55. The Morgan fingerprint density at radius 3 is 2.47 bits per heavy atom. The lowest BCUT2D eigenvalue weighted by Crippen LogP contribution is -2.59. The number of aromatic nitrogens is 4. The van der Waals surface area contributed by atoms with Gasteiger partial charge in [-0.05, 0) is 42.7 Å². The number of ether oxygens (including phenoxy) is 2. The molecule has 2 aliphatic rings. The summed E-state index contributed by atoms with van der Waals surface area (Å²) in [4.78, 5) is 38.8. The van der Waals surface area contributed by atoms with Gasteiger partial charge in [0.15, 0.2) is 12.3 Å². The fraction of sp³-hybridized carbons (Fsp3) is 0.419. The third-order valence-electron chi connectivity index (χ3n) is 8.64. The maximum Gasteiger partial charge on any atom is 0.337 e. The van der Waals surface area contributed by atoms with Crippen molar-refractivity contribution in [1.29, 1.82) is 0 Å². The summed E-state index contributed by atoms with van der Waals surface area (Å²) >= 11 is 0. The summed E-state index contributed by atoms with van der Waals surface area (Å²) in [5.41, 5.74) is 2.20. The third-order valence-corrected chi connectivity index (χ3v) is 8.64. The van der Waals surface area contributed by atoms with Crippen LogP contribution in [0.2, 0.25) is 0 Å². The summed E-state index contributed by atoms with van der Waals surface area (Å²) in [6.07, 6.45) is -5.73. The number of hydrogen-bond acceptors (Lipinski definition) is 11. The van der Waals surface area contributed by atoms with Gasteiger partial charge in [-0.25, -0.2) is 23.7 Å². The molecular weight excluding hydrogens is 587 g/mol. The molecule has 4 aromatic rings. The van der Waals surface area contributed by atoms with Crippen LogP contribution in [-0.2, 0) is 20.8 Å². The van der Waals surface area contributed by atoms with E-state index in [1.54, 1.807) is 19.2 Å². The summed E-state index contributed by atoms with van der Waals surface area (Å²) in [6, 6.07) is 15.4. The second-order valence-electron chi connectivity index (χ2n) is 11.3. The second kappa shape index (κ2) is 12.6. The van der Waals surface area contributed by atoms with Crippen molar-refractivity contribution >= 4 is 28.9 Å². The molecule has 4 heterocycles. The van der Waals surface area contributed by atoms with Crippen molar-refractivity contribution in [3.8, 4) is 0 Å². The van der Waals surface area contributed by atoms with E-state index in [1.807, 2.05) is 29.2 Å². The van der Waals surface area contributed by atoms with Gasteiger partial charge in [-0.2, -0.15) is 0 Å². The second-order valence-corrected chi connectivity index (χ2v) is 11.3. The van der Waals surface area contributed by atoms with Crippen molar-refractivity contribution in [1.82, 2.24) is 19.1 Å². The van der Waals surface area contributed by atoms with Crippen molar-refractivity contribution in [2.75, 3.05) is 37.0 Å². The van der Waals surface area contributed by atoms with E-state index in [4.69, 9.17) is 9.72 Å². The van der Waals surface area contributed by atoms with Gasteiger partial charge in [0.1, 0.15) is 24.1 Å². The van der Waals surface area contributed by atoms with Crippen LogP contribution in [0.25, 0.3) is 11.0 Å². The molecule has 2 saturated heterocycles. The number of para-hydroxylation sites is 2. The molecule has 0 saturated carbocycles. The van der Waals surface area contributed by atoms with E-state index in [0.717, 1.165) is 34.2 Å². The lowest BCUT2D eigenvalue weighted by atomic mass is 9.98. The zero-order valence-electron chi connectivity index (χ0n) is 24.8. The van der Waals surface area contributed by atoms with E-state index in [2.05, 4.69) is 19.2 Å². The van der Waals surface area contributed by atoms with E-state index >= 15 is 0 Å². The van der Waals surface area contributed by atoms with Gasteiger partial charge < -0.3 is 39.2 Å². The highest BCUT2D eigenvalue weighted by Gasteiger charge is 2.49. The first-order chi connectivity index (χ1) is 21.7. The lowest BCUT2D eigenvalue weighted by Gasteiger charge is -2.42. The number of esters is 1. The maximum absolute atomic E-state index is 13.6. The molecule has 0 bridgehead atoms. The number of carbonyl (C=O) groups is 1. The summed E-state index contributed by atoms with van der Waals surface area (Å²) in [5.74, 6) is -0.277. The summed E-state index contributed by atoms with van der Waals surface area (Å²) in [7, 11) is 2.88. The molecule has 5 atom stereocenters. The van der Waals surface area contributed by atoms with Crippen LogP contribution in [0.1, 0.15) is 24.6 Å². The normalized spacial score (nSPS) is 24.1. The number of fused-ring (bicyclic) bond motifs is 1. The number of piperidine rings is 1. The maximum atomic E-state index is 13.6. The number of imidazole rings is 1. The zero-order valence-corrected chi connectivity index (χ0v) is 24.8. The van der Waals surface area contributed by atoms with Crippen molar-refractivity contribution in [2.24, 2.45) is 0 Å². The Hall–Kier alpha value is -4.37. The fourth-order valence-corrected chi connectivity index (χ4v) is 6.14. The SMILES string of the molecule is COC(=O)[C@H]1O[C@@H](n2c(N(C)C3CCN(c4nc5ccccc5n4Cc4ccc(F)cc4)CC3)nccc2=O)[C@H](O)[C@@H](O)[C@@H]1O. The number of methoxy groups -OCH3 is 1. The number of benzene rings is 2. The minimum absolute atomic E-state index is 0.0793. The largest absolute Gasteiger partial charge is 0.467 e. The number of anilines is 2. The van der Waals surface area contributed by atoms with E-state index in [0.29, 0.717) is 32.5 Å². The molecule has 0 amide bonds. The molecule has 13 nitrogen and oxygen atoms in total. The molecule has 0 unspecified atom stereocenters. The van der Waals surface area contributed by atoms with Crippen LogP contribution in [0.4, 0.5) is 16.3 Å². The zero-order chi connectivity index (χ0) is 31.8. The summed E-state index contributed by atoms with van der Waals surface area (Å²) < 4.78 is 27.1. The highest BCUT2D eigenvalue weighted by Crippen LogP contribution is 2.32. The predicted octanol–water partition coefficient (Wildman–Crippen LogP) is 1.04. The van der Waals surface area contributed by atoms with E-state index in [1.165, 1.54) is 24.4 Å². The molecule has 14 heteroatoms. The smallest absolute Gasteiger partial charge is 0.337 e. The molecule has 45 heavy (non-hydrogen) atoms. The minimum atomic E-state index is -1.78. The Morgan fingerprint density at radius 1 is 1.04 bits per heavy atom. The van der Waals surface area contributed by atoms with Gasteiger partial charge in [0.2, 0.25) is 11.9 Å². The van der Waals surface area contributed by atoms with Gasteiger partial charge in [-0.15, -0.1) is 0 Å². The Balaban J connectivity index is 1.24. The molecule has 238 valence electrons. The van der Waals surface area contributed by atoms with Crippen molar-refractivity contribution in [3.05, 3.63) is 82.5 Å². The highest BCUT2D eigenvalue weighted by atomic mass is 19.1. The molecule has 2 aliphatic heterocycles. The number of halogens is 1. The van der Waals surface area contributed by atoms with Crippen LogP contribution in [-0.4, -0.2) is 98.1 Å². The van der Waals surface area contributed by atoms with E-state index in [-0.39, 0.29) is 17.8 Å². The number of hydrogen-bond donors (Lipinski definition) is 3. The number of aliphatic hydroxyl groups is 3. The number of carbonyl (C=O) groups excluding carboxylic acids is 1. The van der Waals surface area contributed by atoms with Crippen LogP contribution in [0, 0.1) is 5.82 Å². The van der Waals surface area contributed by atoms with Crippen molar-refractivity contribution in [2.45, 2.75) is 56.1 Å². The first-order valence-corrected chi connectivity index (χ1v) is 14.7. The van der Waals surface area contributed by atoms with Crippen LogP contribution >= 0.6 is 0 Å². The average molecular weight is 623 g/mol. The fourth-order valence-electron chi connectivity index (χ4n) is 6.14. The lowest BCUT2D eigenvalue weighted by molar-refractivity contribution is -0.248. The molecule has 6 rings (SSSR count). The molecule has 0 radical (unpaired) electrons. The van der Waals surface area contributed by atoms with Gasteiger partial charge in [0, 0.05) is 38.4 Å². The Labute approximate surface area is 257 Å². The minimum Gasteiger partial charge on any atom is -0.467 e. The molecule has 0 spiro atoms. The highest BCUT2D eigenvalue weighted by molar-refractivity contribution is 5.79. The monoisotopic (exact) mass is 622 g/mol. The van der Waals surface area contributed by atoms with Gasteiger partial charge in [-0.3, -0.25) is 4.79 Å². The van der Waals surface area contributed by atoms with Gasteiger partial charge >= 0.3 is 5.97 Å². The van der Waals surface area contributed by atoms with Gasteiger partial charge in [-0.1, -0.05) is 24.3 Å². The number of nitrogens with zero attached hydrogens (tertiary/aromatic N) is 6. The topological polar surface area (TPSA) is 155 Å². The molecule has 2 fully saturated rings. The predicted molar refractivity (Wildman–Crippen MR) is 161 cm³/mol. The first-order valence-electron chi connectivity index (χ1n) is 14.7. The molecule has 2 aromatic carbocycles. The molecular formula is C31H35FN6O7. The molecule has 3 N–H and O–H groups in total. The number of rotatable bonds is 7. The summed E-state index contributed by atoms with van der Waals surface area (Å²) in [5, 5.41) is 31.7. The third kappa shape index (κ3) is 5.77. The van der Waals surface area contributed by atoms with Crippen LogP contribution in [0.5, 0.6) is 0 Å². The first kappa shape index (κ1) is 30.6. The van der Waals surface area contributed by atoms with Crippen molar-refractivity contribution < 1.29 is 34.0 Å². The number of aliphatic hydroxyl groups excluding tert-OH is 3. The van der Waals surface area contributed by atoms with Crippen molar-refractivity contribution in [3.63, 3.8) is 0 Å². The van der Waals surface area contributed by atoms with E-state index in [9.17, 15) is 29.3 Å². The quantitative estimate of drug-likeness (QED) is 0.253. The molecule has 0 aliphatic carbocycles. The van der Waals surface area contributed by atoms with E-state index < -0.39 is 42.2 Å². The average Bonchev–Trinajstić information content (AvgIpc) is 3.42. The Morgan fingerprint density at radius 2 is 1.76 bits per heavy atom. The Bertz CT molecular complexity index is 1720. The standard InChI is InChI=1S/C31H35FN6O7/c1-35(30-33-14-11-23(39)38(30)28-26(42)24(40)25(41)27(45-28)29(43)44-2)20-12-15-36(16-13-20)31-34-21-5-3-4-6-22(21)37(31)17-18-7-9-19(32)10-8-18/h3-11,14,20,24-28,40-42H,12-13,15-17H2,1-2H3/t24-,25-,26+,27-,28+/m0/s1. The van der Waals surface area contributed by atoms with Crippen LogP contribution < -0.4 is 15.4 Å². The van der Waals surface area contributed by atoms with Crippen LogP contribution in [0.3, 0.4) is 0 Å². The van der Waals surface area contributed by atoms with Gasteiger partial charge in [0.05, 0.1) is 24.7 Å². The van der Waals surface area contributed by atoms with Gasteiger partial charge in [0.25, 0.3) is 5.56 Å². The molecule has 2 aromatic heterocycles.